The third kappa shape index (κ3) is 2.85. The predicted octanol–water partition coefficient (Wildman–Crippen LogP) is 3.36. The maximum Gasteiger partial charge on any atom is 0.310 e. The lowest BCUT2D eigenvalue weighted by Crippen LogP contribution is -2.50. The maximum absolute atomic E-state index is 12.4. The van der Waals surface area contributed by atoms with Crippen molar-refractivity contribution in [2.45, 2.75) is 65.9 Å². The van der Waals surface area contributed by atoms with Crippen molar-refractivity contribution >= 4 is 11.8 Å². The van der Waals surface area contributed by atoms with Crippen molar-refractivity contribution in [1.29, 1.82) is 0 Å². The average molecular weight is 266 g/mol. The molecule has 1 aliphatic heterocycles. The highest BCUT2D eigenvalue weighted by molar-refractivity contribution is 5.88. The van der Waals surface area contributed by atoms with Gasteiger partial charge in [-0.05, 0) is 30.6 Å². The zero-order valence-corrected chi connectivity index (χ0v) is 12.6. The minimum absolute atomic E-state index is 0.00237. The minimum Gasteiger partial charge on any atom is -0.462 e. The second kappa shape index (κ2) is 5.26. The molecule has 1 saturated heterocycles. The van der Waals surface area contributed by atoms with Crippen LogP contribution in [0.25, 0.3) is 0 Å². The van der Waals surface area contributed by atoms with Crippen LogP contribution in [0.4, 0.5) is 0 Å². The first kappa shape index (κ1) is 14.5. The molecule has 19 heavy (non-hydrogen) atoms. The van der Waals surface area contributed by atoms with Crippen LogP contribution in [-0.2, 0) is 14.3 Å². The van der Waals surface area contributed by atoms with Crippen molar-refractivity contribution in [3.05, 3.63) is 0 Å². The summed E-state index contributed by atoms with van der Waals surface area (Å²) < 4.78 is 5.61. The summed E-state index contributed by atoms with van der Waals surface area (Å²) in [4.78, 5) is 24.5. The van der Waals surface area contributed by atoms with E-state index in [1.165, 1.54) is 0 Å². The summed E-state index contributed by atoms with van der Waals surface area (Å²) >= 11 is 0. The van der Waals surface area contributed by atoms with Crippen LogP contribution in [0.5, 0.6) is 0 Å². The highest BCUT2D eigenvalue weighted by Crippen LogP contribution is 2.46. The van der Waals surface area contributed by atoms with Crippen molar-refractivity contribution in [3.63, 3.8) is 0 Å². The zero-order valence-electron chi connectivity index (χ0n) is 12.6. The van der Waals surface area contributed by atoms with E-state index in [0.29, 0.717) is 12.3 Å². The number of carbonyl (C=O) groups excluding carboxylic acids is 2. The van der Waals surface area contributed by atoms with Crippen LogP contribution in [0.2, 0.25) is 0 Å². The Balaban J connectivity index is 2.20. The van der Waals surface area contributed by atoms with Crippen LogP contribution in [-0.4, -0.2) is 17.9 Å². The van der Waals surface area contributed by atoms with Gasteiger partial charge in [-0.3, -0.25) is 9.59 Å². The summed E-state index contributed by atoms with van der Waals surface area (Å²) in [6.45, 7) is 8.41. The van der Waals surface area contributed by atoms with Crippen LogP contribution in [0, 0.1) is 23.2 Å². The quantitative estimate of drug-likeness (QED) is 0.720. The summed E-state index contributed by atoms with van der Waals surface area (Å²) in [5.41, 5.74) is -0.137. The van der Waals surface area contributed by atoms with E-state index >= 15 is 0 Å². The Kier molecular flexibility index (Phi) is 4.03. The number of cyclic esters (lactones) is 1. The van der Waals surface area contributed by atoms with Crippen LogP contribution in [0.15, 0.2) is 0 Å². The van der Waals surface area contributed by atoms with E-state index in [2.05, 4.69) is 27.7 Å². The van der Waals surface area contributed by atoms with Gasteiger partial charge in [-0.25, -0.2) is 0 Å². The third-order valence-corrected chi connectivity index (χ3v) is 4.84. The van der Waals surface area contributed by atoms with Crippen LogP contribution >= 0.6 is 0 Å². The topological polar surface area (TPSA) is 43.4 Å². The monoisotopic (exact) mass is 266 g/mol. The Morgan fingerprint density at radius 2 is 1.89 bits per heavy atom. The molecule has 1 heterocycles. The van der Waals surface area contributed by atoms with Gasteiger partial charge < -0.3 is 4.74 Å². The number of hydrogen-bond acceptors (Lipinski definition) is 3. The molecular formula is C16H26O3. The van der Waals surface area contributed by atoms with Crippen molar-refractivity contribution in [3.8, 4) is 0 Å². The fourth-order valence-corrected chi connectivity index (χ4v) is 3.67. The molecule has 0 radical (unpaired) electrons. The highest BCUT2D eigenvalue weighted by Gasteiger charge is 2.50. The fourth-order valence-electron chi connectivity index (χ4n) is 3.67. The molecule has 0 aromatic rings. The summed E-state index contributed by atoms with van der Waals surface area (Å²) in [5.74, 6) is 0.116. The Hall–Kier alpha value is -0.860. The lowest BCUT2D eigenvalue weighted by atomic mass is 9.63. The smallest absolute Gasteiger partial charge is 0.310 e. The first-order valence-corrected chi connectivity index (χ1v) is 7.56. The largest absolute Gasteiger partial charge is 0.462 e. The van der Waals surface area contributed by atoms with E-state index in [1.54, 1.807) is 0 Å². The van der Waals surface area contributed by atoms with E-state index in [9.17, 15) is 9.59 Å². The molecule has 108 valence electrons. The first-order chi connectivity index (χ1) is 8.83. The van der Waals surface area contributed by atoms with Crippen LogP contribution in [0.3, 0.4) is 0 Å². The normalized spacial score (nSPS) is 35.3. The van der Waals surface area contributed by atoms with Gasteiger partial charge in [0.25, 0.3) is 0 Å². The van der Waals surface area contributed by atoms with Crippen molar-refractivity contribution in [2.75, 3.05) is 0 Å². The molecule has 2 fully saturated rings. The van der Waals surface area contributed by atoms with Gasteiger partial charge >= 0.3 is 5.97 Å². The summed E-state index contributed by atoms with van der Waals surface area (Å²) in [7, 11) is 0. The number of rotatable bonds is 2. The van der Waals surface area contributed by atoms with E-state index < -0.39 is 0 Å². The number of esters is 1. The van der Waals surface area contributed by atoms with Crippen LogP contribution < -0.4 is 0 Å². The van der Waals surface area contributed by atoms with Crippen molar-refractivity contribution in [2.24, 2.45) is 23.2 Å². The van der Waals surface area contributed by atoms with E-state index in [0.717, 1.165) is 25.7 Å². The van der Waals surface area contributed by atoms with Gasteiger partial charge in [-0.15, -0.1) is 0 Å². The second-order valence-electron chi connectivity index (χ2n) is 7.21. The van der Waals surface area contributed by atoms with Gasteiger partial charge in [0.2, 0.25) is 0 Å². The molecule has 3 atom stereocenters. The van der Waals surface area contributed by atoms with Gasteiger partial charge in [0.1, 0.15) is 11.9 Å². The molecule has 0 bridgehead atoms. The standard InChI is InChI=1S/C16H26O3/c1-10(2)13-9-16(3,4)14(15(18)19-13)11-7-5-6-8-12(11)17/h10-11,13-14H,5-9H2,1-4H3. The Morgan fingerprint density at radius 3 is 2.42 bits per heavy atom. The van der Waals surface area contributed by atoms with Gasteiger partial charge in [-0.2, -0.15) is 0 Å². The minimum atomic E-state index is -0.240. The molecule has 2 aliphatic rings. The number of ether oxygens (including phenoxy) is 1. The Bertz CT molecular complexity index is 370. The molecule has 3 unspecified atom stereocenters. The molecule has 2 rings (SSSR count). The molecule has 1 aliphatic carbocycles. The molecule has 3 heteroatoms. The van der Waals surface area contributed by atoms with Gasteiger partial charge in [-0.1, -0.05) is 34.1 Å². The lowest BCUT2D eigenvalue weighted by Gasteiger charge is -2.45. The first-order valence-electron chi connectivity index (χ1n) is 7.56. The second-order valence-corrected chi connectivity index (χ2v) is 7.21. The molecule has 0 amide bonds. The molecule has 0 aromatic carbocycles. The molecule has 0 aromatic heterocycles. The Labute approximate surface area is 116 Å². The molecular weight excluding hydrogens is 240 g/mol. The predicted molar refractivity (Wildman–Crippen MR) is 73.6 cm³/mol. The van der Waals surface area contributed by atoms with Gasteiger partial charge in [0.15, 0.2) is 0 Å². The van der Waals surface area contributed by atoms with E-state index in [4.69, 9.17) is 4.74 Å². The van der Waals surface area contributed by atoms with Gasteiger partial charge in [0.05, 0.1) is 5.92 Å². The number of Topliss-reactive ketones (excluding diaryl/α,β-unsaturated/α-hetero) is 1. The molecule has 0 N–H and O–H groups in total. The summed E-state index contributed by atoms with van der Waals surface area (Å²) in [5, 5.41) is 0. The maximum atomic E-state index is 12.4. The van der Waals surface area contributed by atoms with Crippen LogP contribution in [0.1, 0.15) is 59.8 Å². The fraction of sp³-hybridized carbons (Fsp3) is 0.875. The van der Waals surface area contributed by atoms with Crippen molar-refractivity contribution in [1.82, 2.24) is 0 Å². The number of ketones is 1. The third-order valence-electron chi connectivity index (χ3n) is 4.84. The lowest BCUT2D eigenvalue weighted by molar-refractivity contribution is -0.181. The van der Waals surface area contributed by atoms with Crippen molar-refractivity contribution < 1.29 is 14.3 Å². The Morgan fingerprint density at radius 1 is 1.21 bits per heavy atom. The summed E-state index contributed by atoms with van der Waals surface area (Å²) in [6, 6.07) is 0. The summed E-state index contributed by atoms with van der Waals surface area (Å²) in [6.07, 6.45) is 4.39. The molecule has 0 spiro atoms. The number of carbonyl (C=O) groups is 2. The zero-order chi connectivity index (χ0) is 14.2. The van der Waals surface area contributed by atoms with E-state index in [1.807, 2.05) is 0 Å². The van der Waals surface area contributed by atoms with Gasteiger partial charge in [0, 0.05) is 12.3 Å². The molecule has 1 saturated carbocycles. The number of hydrogen-bond donors (Lipinski definition) is 0. The van der Waals surface area contributed by atoms with E-state index in [-0.39, 0.29) is 35.1 Å². The SMILES string of the molecule is CC(C)C1CC(C)(C)C(C2CCCCC2=O)C(=O)O1. The molecule has 3 nitrogen and oxygen atoms in total. The average Bonchev–Trinajstić information content (AvgIpc) is 2.29. The highest BCUT2D eigenvalue weighted by atomic mass is 16.5.